The molecule has 0 spiro atoms. The van der Waals surface area contributed by atoms with Crippen molar-refractivity contribution < 1.29 is 27.8 Å². The molecule has 12 heteroatoms. The lowest BCUT2D eigenvalue weighted by atomic mass is 10.1. The van der Waals surface area contributed by atoms with Crippen LogP contribution >= 0.6 is 7.60 Å². The van der Waals surface area contributed by atoms with E-state index in [1.54, 1.807) is 30.8 Å². The molecular formula is C18H26N5O6P. The molecule has 0 saturated carbocycles. The number of ether oxygens (including phenoxy) is 3. The highest BCUT2D eigenvalue weighted by Crippen LogP contribution is 2.51. The van der Waals surface area contributed by atoms with Crippen LogP contribution in [0.1, 0.15) is 33.9 Å². The van der Waals surface area contributed by atoms with E-state index in [1.807, 2.05) is 13.8 Å². The number of hydrogen-bond acceptors (Lipinski definition) is 10. The lowest BCUT2D eigenvalue weighted by Gasteiger charge is -2.24. The van der Waals surface area contributed by atoms with Gasteiger partial charge < -0.3 is 29.0 Å². The van der Waals surface area contributed by atoms with Crippen molar-refractivity contribution in [2.75, 3.05) is 18.9 Å². The van der Waals surface area contributed by atoms with Crippen LogP contribution in [0.3, 0.4) is 0 Å². The van der Waals surface area contributed by atoms with Crippen molar-refractivity contribution in [3.8, 4) is 0 Å². The molecule has 164 valence electrons. The third-order valence-corrected chi connectivity index (χ3v) is 6.58. The van der Waals surface area contributed by atoms with Crippen LogP contribution in [0.4, 0.5) is 5.82 Å². The summed E-state index contributed by atoms with van der Waals surface area (Å²) in [4.78, 5) is 12.6. The van der Waals surface area contributed by atoms with E-state index >= 15 is 0 Å². The van der Waals surface area contributed by atoms with Crippen molar-refractivity contribution in [1.82, 2.24) is 19.5 Å². The summed E-state index contributed by atoms with van der Waals surface area (Å²) >= 11 is 0. The zero-order chi connectivity index (χ0) is 21.5. The molecule has 2 aliphatic heterocycles. The van der Waals surface area contributed by atoms with Crippen LogP contribution in [0.25, 0.3) is 11.2 Å². The highest BCUT2D eigenvalue weighted by Gasteiger charge is 2.55. The Morgan fingerprint density at radius 3 is 2.60 bits per heavy atom. The van der Waals surface area contributed by atoms with Crippen molar-refractivity contribution in [2.24, 2.45) is 0 Å². The number of fused-ring (bicyclic) bond motifs is 2. The van der Waals surface area contributed by atoms with Gasteiger partial charge in [0.25, 0.3) is 0 Å². The van der Waals surface area contributed by atoms with E-state index in [9.17, 15) is 4.57 Å². The fourth-order valence-electron chi connectivity index (χ4n) is 3.72. The highest BCUT2D eigenvalue weighted by atomic mass is 31.2. The molecule has 0 radical (unpaired) electrons. The molecule has 0 aromatic carbocycles. The molecule has 0 unspecified atom stereocenters. The van der Waals surface area contributed by atoms with E-state index in [1.165, 1.54) is 12.1 Å². The van der Waals surface area contributed by atoms with E-state index in [4.69, 9.17) is 29.0 Å². The van der Waals surface area contributed by atoms with Gasteiger partial charge in [-0.1, -0.05) is 0 Å². The number of nitrogen functional groups attached to an aromatic ring is 1. The van der Waals surface area contributed by atoms with Crippen molar-refractivity contribution in [3.05, 3.63) is 24.5 Å². The maximum atomic E-state index is 12.8. The van der Waals surface area contributed by atoms with Gasteiger partial charge >= 0.3 is 7.60 Å². The number of aromatic nitrogens is 4. The van der Waals surface area contributed by atoms with Crippen LogP contribution in [-0.4, -0.2) is 56.8 Å². The predicted octanol–water partition coefficient (Wildman–Crippen LogP) is 2.61. The zero-order valence-electron chi connectivity index (χ0n) is 17.3. The van der Waals surface area contributed by atoms with Crippen molar-refractivity contribution >= 4 is 24.6 Å². The molecule has 11 nitrogen and oxygen atoms in total. The van der Waals surface area contributed by atoms with Crippen LogP contribution in [-0.2, 0) is 27.8 Å². The van der Waals surface area contributed by atoms with E-state index in [0.29, 0.717) is 11.2 Å². The van der Waals surface area contributed by atoms with Gasteiger partial charge in [-0.25, -0.2) is 15.0 Å². The van der Waals surface area contributed by atoms with E-state index < -0.39 is 37.9 Å². The van der Waals surface area contributed by atoms with Gasteiger partial charge in [0, 0.05) is 5.82 Å². The molecule has 4 atom stereocenters. The molecule has 2 aliphatic rings. The minimum absolute atomic E-state index is 0.261. The van der Waals surface area contributed by atoms with Crippen LogP contribution in [0, 0.1) is 0 Å². The molecule has 2 aromatic rings. The monoisotopic (exact) mass is 439 g/mol. The van der Waals surface area contributed by atoms with Gasteiger partial charge in [0.1, 0.15) is 30.2 Å². The molecular weight excluding hydrogens is 413 g/mol. The summed E-state index contributed by atoms with van der Waals surface area (Å²) in [5, 5.41) is 0. The molecule has 2 fully saturated rings. The number of nitrogens with zero attached hydrogens (tertiary/aromatic N) is 4. The number of rotatable bonds is 7. The van der Waals surface area contributed by atoms with E-state index in [2.05, 4.69) is 15.0 Å². The summed E-state index contributed by atoms with van der Waals surface area (Å²) < 4.78 is 43.6. The maximum absolute atomic E-state index is 12.8. The van der Waals surface area contributed by atoms with Gasteiger partial charge in [0.15, 0.2) is 23.5 Å². The Labute approximate surface area is 174 Å². The summed E-state index contributed by atoms with van der Waals surface area (Å²) in [5.74, 6) is 0.894. The number of nitrogens with two attached hydrogens (primary N) is 1. The first kappa shape index (κ1) is 21.4. The number of imidazole rings is 1. The second-order valence-electron chi connectivity index (χ2n) is 7.36. The van der Waals surface area contributed by atoms with Gasteiger partial charge in [0.05, 0.1) is 19.5 Å². The summed E-state index contributed by atoms with van der Waals surface area (Å²) in [6.07, 6.45) is 2.60. The Hall–Kier alpha value is -1.88. The molecule has 0 aliphatic carbocycles. The largest absolute Gasteiger partial charge is 0.382 e. The first-order valence-electron chi connectivity index (χ1n) is 9.79. The normalized spacial score (nSPS) is 28.5. The van der Waals surface area contributed by atoms with Gasteiger partial charge in [-0.15, -0.1) is 0 Å². The minimum atomic E-state index is -3.38. The molecule has 2 aromatic heterocycles. The van der Waals surface area contributed by atoms with Crippen LogP contribution < -0.4 is 5.73 Å². The van der Waals surface area contributed by atoms with Crippen molar-refractivity contribution in [3.63, 3.8) is 0 Å². The Balaban J connectivity index is 1.66. The third kappa shape index (κ3) is 3.89. The first-order valence-corrected chi connectivity index (χ1v) is 11.4. The SMILES string of the molecule is CCOP(=O)(/C=C/[C@H]1O[C@@H](n2cnc3c(N)ncnc32)[C@@H]2OC(C)(C)O[C@@H]21)OCC. The topological polar surface area (TPSA) is 133 Å². The summed E-state index contributed by atoms with van der Waals surface area (Å²) in [6, 6.07) is 0. The molecule has 4 heterocycles. The average molecular weight is 439 g/mol. The van der Waals surface area contributed by atoms with Crippen LogP contribution in [0.15, 0.2) is 24.5 Å². The molecule has 0 bridgehead atoms. The minimum Gasteiger partial charge on any atom is -0.382 e. The second-order valence-corrected chi connectivity index (χ2v) is 9.25. The van der Waals surface area contributed by atoms with Gasteiger partial charge in [-0.05, 0) is 33.8 Å². The van der Waals surface area contributed by atoms with E-state index in [-0.39, 0.29) is 19.0 Å². The Kier molecular flexibility index (Phi) is 5.69. The Bertz CT molecular complexity index is 985. The molecule has 2 N–H and O–H groups in total. The predicted molar refractivity (Wildman–Crippen MR) is 107 cm³/mol. The van der Waals surface area contributed by atoms with Gasteiger partial charge in [-0.2, -0.15) is 0 Å². The van der Waals surface area contributed by atoms with Gasteiger partial charge in [0.2, 0.25) is 0 Å². The van der Waals surface area contributed by atoms with Crippen LogP contribution in [0.5, 0.6) is 0 Å². The Morgan fingerprint density at radius 2 is 1.90 bits per heavy atom. The van der Waals surface area contributed by atoms with Crippen molar-refractivity contribution in [2.45, 2.75) is 58.0 Å². The van der Waals surface area contributed by atoms with E-state index in [0.717, 1.165) is 0 Å². The number of anilines is 1. The van der Waals surface area contributed by atoms with Crippen molar-refractivity contribution in [1.29, 1.82) is 0 Å². The third-order valence-electron chi connectivity index (χ3n) is 4.80. The molecule has 30 heavy (non-hydrogen) atoms. The summed E-state index contributed by atoms with van der Waals surface area (Å²) in [5.41, 5.74) is 6.91. The maximum Gasteiger partial charge on any atom is 0.353 e. The smallest absolute Gasteiger partial charge is 0.353 e. The van der Waals surface area contributed by atoms with Crippen LogP contribution in [0.2, 0.25) is 0 Å². The zero-order valence-corrected chi connectivity index (χ0v) is 18.2. The fourth-order valence-corrected chi connectivity index (χ4v) is 5.06. The molecule has 4 rings (SSSR count). The van der Waals surface area contributed by atoms with Gasteiger partial charge in [-0.3, -0.25) is 9.13 Å². The highest BCUT2D eigenvalue weighted by molar-refractivity contribution is 7.57. The number of hydrogen-bond donors (Lipinski definition) is 1. The lowest BCUT2D eigenvalue weighted by Crippen LogP contribution is -2.28. The first-order chi connectivity index (χ1) is 14.3. The molecule has 0 amide bonds. The standard InChI is InChI=1S/C18H26N5O6P/c1-5-25-30(24,26-6-2)8-7-11-13-14(29-18(3,4)28-13)17(27-11)23-10-22-12-15(19)20-9-21-16(12)23/h7-11,13-14,17H,5-6H2,1-4H3,(H2,19,20,21)/b8-7+/t11-,13-,14-,17-/m1/s1. The second kappa shape index (κ2) is 7.99. The average Bonchev–Trinajstić information content (AvgIpc) is 3.32. The summed E-state index contributed by atoms with van der Waals surface area (Å²) in [7, 11) is -3.38. The Morgan fingerprint density at radius 1 is 1.20 bits per heavy atom. The molecule has 2 saturated heterocycles. The summed E-state index contributed by atoms with van der Waals surface area (Å²) in [6.45, 7) is 7.70. The quantitative estimate of drug-likeness (QED) is 0.642. The lowest BCUT2D eigenvalue weighted by molar-refractivity contribution is -0.191. The fraction of sp³-hybridized carbons (Fsp3) is 0.611.